The van der Waals surface area contributed by atoms with Crippen LogP contribution >= 0.6 is 11.3 Å². The summed E-state index contributed by atoms with van der Waals surface area (Å²) in [6.07, 6.45) is -0.00944. The second-order valence-electron chi connectivity index (χ2n) is 7.42. The lowest BCUT2D eigenvalue weighted by molar-refractivity contribution is -0.137. The minimum atomic E-state index is -0.841. The molecule has 1 atom stereocenters. The third-order valence-corrected chi connectivity index (χ3v) is 6.62. The van der Waals surface area contributed by atoms with E-state index in [0.29, 0.717) is 0 Å². The van der Waals surface area contributed by atoms with Gasteiger partial charge in [-0.2, -0.15) is 0 Å². The molecule has 1 N–H and O–H groups in total. The maximum Gasteiger partial charge on any atom is 0.467 e. The van der Waals surface area contributed by atoms with Crippen LogP contribution in [0.15, 0.2) is 24.3 Å². The molecule has 3 rings (SSSR count). The maximum absolute atomic E-state index is 11.5. The SMILES string of the molecule is Cc1c(C(CC(=O)O)B2OC(C)(C)C(C)(C)O2)sc2ccccc12. The molecule has 24 heavy (non-hydrogen) atoms. The molecule has 128 valence electrons. The number of carboxylic acid groups (broad SMARTS) is 1. The van der Waals surface area contributed by atoms with E-state index in [-0.39, 0.29) is 12.2 Å². The van der Waals surface area contributed by atoms with Gasteiger partial charge in [0.05, 0.1) is 17.6 Å². The number of fused-ring (bicyclic) bond motifs is 1. The average molecular weight is 346 g/mol. The van der Waals surface area contributed by atoms with Crippen molar-refractivity contribution in [1.82, 2.24) is 0 Å². The highest BCUT2D eigenvalue weighted by molar-refractivity contribution is 7.19. The Morgan fingerprint density at radius 3 is 2.33 bits per heavy atom. The fourth-order valence-electron chi connectivity index (χ4n) is 3.10. The first-order valence-electron chi connectivity index (χ1n) is 8.18. The first-order chi connectivity index (χ1) is 11.1. The second kappa shape index (κ2) is 5.86. The van der Waals surface area contributed by atoms with Gasteiger partial charge in [-0.15, -0.1) is 11.3 Å². The first kappa shape index (κ1) is 17.5. The molecule has 1 fully saturated rings. The Morgan fingerprint density at radius 2 is 1.79 bits per heavy atom. The molecule has 0 spiro atoms. The van der Waals surface area contributed by atoms with Gasteiger partial charge in [0.25, 0.3) is 0 Å². The van der Waals surface area contributed by atoms with E-state index in [0.717, 1.165) is 15.1 Å². The van der Waals surface area contributed by atoms with Crippen LogP contribution in [0.1, 0.15) is 50.4 Å². The van der Waals surface area contributed by atoms with E-state index in [2.05, 4.69) is 12.1 Å². The zero-order valence-electron chi connectivity index (χ0n) is 14.8. The minimum Gasteiger partial charge on any atom is -0.481 e. The Balaban J connectivity index is 2.04. The predicted octanol–water partition coefficient (Wildman–Crippen LogP) is 4.40. The molecule has 1 aromatic carbocycles. The van der Waals surface area contributed by atoms with Crippen molar-refractivity contribution >= 4 is 34.5 Å². The Morgan fingerprint density at radius 1 is 1.21 bits per heavy atom. The van der Waals surface area contributed by atoms with Gasteiger partial charge in [-0.05, 0) is 51.6 Å². The van der Waals surface area contributed by atoms with Gasteiger partial charge in [-0.25, -0.2) is 0 Å². The largest absolute Gasteiger partial charge is 0.481 e. The van der Waals surface area contributed by atoms with Crippen molar-refractivity contribution in [1.29, 1.82) is 0 Å². The Kier molecular flexibility index (Phi) is 4.27. The molecular weight excluding hydrogens is 323 g/mol. The minimum absolute atomic E-state index is 0.00944. The third-order valence-electron chi connectivity index (χ3n) is 5.21. The number of aryl methyl sites for hydroxylation is 1. The fraction of sp³-hybridized carbons (Fsp3) is 0.500. The number of aliphatic carboxylic acids is 1. The van der Waals surface area contributed by atoms with Crippen molar-refractivity contribution in [2.75, 3.05) is 0 Å². The van der Waals surface area contributed by atoms with Crippen LogP contribution in [-0.4, -0.2) is 29.4 Å². The van der Waals surface area contributed by atoms with Gasteiger partial charge in [-0.3, -0.25) is 4.79 Å². The van der Waals surface area contributed by atoms with E-state index in [1.54, 1.807) is 11.3 Å². The Bertz CT molecular complexity index is 764. The van der Waals surface area contributed by atoms with E-state index in [4.69, 9.17) is 9.31 Å². The summed E-state index contributed by atoms with van der Waals surface area (Å²) in [5.74, 6) is -1.16. The summed E-state index contributed by atoms with van der Waals surface area (Å²) in [5, 5.41) is 10.6. The average Bonchev–Trinajstić information content (AvgIpc) is 2.91. The number of benzene rings is 1. The van der Waals surface area contributed by atoms with Crippen molar-refractivity contribution in [2.45, 2.75) is 58.1 Å². The van der Waals surface area contributed by atoms with E-state index < -0.39 is 24.3 Å². The predicted molar refractivity (Wildman–Crippen MR) is 97.6 cm³/mol. The molecule has 1 unspecified atom stereocenters. The standard InChI is InChI=1S/C18H23BO4S/c1-11-12-8-6-7-9-14(12)24-16(11)13(10-15(20)21)19-22-17(2,3)18(4,5)23-19/h6-9,13H,10H2,1-5H3,(H,20,21). The highest BCUT2D eigenvalue weighted by Gasteiger charge is 2.54. The quantitative estimate of drug-likeness (QED) is 0.834. The summed E-state index contributed by atoms with van der Waals surface area (Å²) in [4.78, 5) is 12.5. The second-order valence-corrected chi connectivity index (χ2v) is 8.50. The molecule has 2 aromatic rings. The van der Waals surface area contributed by atoms with Crippen LogP contribution in [-0.2, 0) is 14.1 Å². The molecule has 1 aromatic heterocycles. The molecule has 0 saturated carbocycles. The number of thiophene rings is 1. The maximum atomic E-state index is 11.5. The van der Waals surface area contributed by atoms with E-state index in [1.807, 2.05) is 46.8 Å². The molecule has 1 aliphatic rings. The third kappa shape index (κ3) is 2.87. The highest BCUT2D eigenvalue weighted by Crippen LogP contribution is 2.45. The van der Waals surface area contributed by atoms with Gasteiger partial charge in [0.15, 0.2) is 0 Å². The lowest BCUT2D eigenvalue weighted by Crippen LogP contribution is -2.41. The lowest BCUT2D eigenvalue weighted by atomic mass is 9.68. The van der Waals surface area contributed by atoms with Crippen molar-refractivity contribution in [3.8, 4) is 0 Å². The normalized spacial score (nSPS) is 20.5. The number of hydrogen-bond acceptors (Lipinski definition) is 4. The molecular formula is C18H23BO4S. The highest BCUT2D eigenvalue weighted by atomic mass is 32.1. The summed E-state index contributed by atoms with van der Waals surface area (Å²) >= 11 is 1.64. The van der Waals surface area contributed by atoms with Gasteiger partial charge >= 0.3 is 13.1 Å². The topological polar surface area (TPSA) is 55.8 Å². The Hall–Kier alpha value is -1.37. The first-order valence-corrected chi connectivity index (χ1v) is 8.99. The van der Waals surface area contributed by atoms with Crippen LogP contribution in [0.4, 0.5) is 0 Å². The van der Waals surface area contributed by atoms with Crippen LogP contribution in [0.5, 0.6) is 0 Å². The summed E-state index contributed by atoms with van der Waals surface area (Å²) in [6, 6.07) is 8.15. The molecule has 1 saturated heterocycles. The van der Waals surface area contributed by atoms with E-state index in [1.165, 1.54) is 5.39 Å². The summed E-state index contributed by atoms with van der Waals surface area (Å²) in [5.41, 5.74) is 0.175. The van der Waals surface area contributed by atoms with Crippen LogP contribution in [0.3, 0.4) is 0 Å². The van der Waals surface area contributed by atoms with Gasteiger partial charge in [0, 0.05) is 15.4 Å². The Labute approximate surface area is 146 Å². The van der Waals surface area contributed by atoms with Crippen LogP contribution < -0.4 is 0 Å². The molecule has 0 radical (unpaired) electrons. The van der Waals surface area contributed by atoms with E-state index >= 15 is 0 Å². The number of carboxylic acids is 1. The summed E-state index contributed by atoms with van der Waals surface area (Å²) in [6.45, 7) is 10.0. The number of rotatable bonds is 4. The van der Waals surface area contributed by atoms with Crippen molar-refractivity contribution in [2.24, 2.45) is 0 Å². The van der Waals surface area contributed by atoms with Gasteiger partial charge in [0.1, 0.15) is 0 Å². The smallest absolute Gasteiger partial charge is 0.467 e. The molecule has 4 nitrogen and oxygen atoms in total. The van der Waals surface area contributed by atoms with Crippen molar-refractivity contribution < 1.29 is 19.2 Å². The van der Waals surface area contributed by atoms with Crippen molar-refractivity contribution in [3.05, 3.63) is 34.7 Å². The molecule has 0 bridgehead atoms. The van der Waals surface area contributed by atoms with Crippen LogP contribution in [0, 0.1) is 6.92 Å². The summed E-state index contributed by atoms with van der Waals surface area (Å²) in [7, 11) is -0.558. The van der Waals surface area contributed by atoms with E-state index in [9.17, 15) is 9.90 Å². The van der Waals surface area contributed by atoms with Crippen LogP contribution in [0.2, 0.25) is 0 Å². The molecule has 1 aliphatic heterocycles. The fourth-order valence-corrected chi connectivity index (χ4v) is 4.42. The number of carbonyl (C=O) groups is 1. The summed E-state index contributed by atoms with van der Waals surface area (Å²) < 4.78 is 13.5. The van der Waals surface area contributed by atoms with Gasteiger partial charge in [0.2, 0.25) is 0 Å². The van der Waals surface area contributed by atoms with Crippen LogP contribution in [0.25, 0.3) is 10.1 Å². The number of hydrogen-bond donors (Lipinski definition) is 1. The molecule has 6 heteroatoms. The zero-order chi connectivity index (χ0) is 17.7. The molecule has 0 amide bonds. The molecule has 0 aliphatic carbocycles. The van der Waals surface area contributed by atoms with Gasteiger partial charge < -0.3 is 14.4 Å². The lowest BCUT2D eigenvalue weighted by Gasteiger charge is -2.32. The van der Waals surface area contributed by atoms with Gasteiger partial charge in [-0.1, -0.05) is 18.2 Å². The monoisotopic (exact) mass is 346 g/mol. The molecule has 2 heterocycles. The zero-order valence-corrected chi connectivity index (χ0v) is 15.6. The van der Waals surface area contributed by atoms with Crippen molar-refractivity contribution in [3.63, 3.8) is 0 Å².